The fourth-order valence-corrected chi connectivity index (χ4v) is 5.74. The van der Waals surface area contributed by atoms with Gasteiger partial charge in [0.2, 0.25) is 0 Å². The second kappa shape index (κ2) is 7.20. The summed E-state index contributed by atoms with van der Waals surface area (Å²) in [6, 6.07) is 17.6. The van der Waals surface area contributed by atoms with Crippen molar-refractivity contribution in [2.75, 3.05) is 13.1 Å². The van der Waals surface area contributed by atoms with Crippen LogP contribution < -0.4 is 0 Å². The predicted octanol–water partition coefficient (Wildman–Crippen LogP) is 4.73. The average molecular weight is 412 g/mol. The Hall–Kier alpha value is -3.18. The number of H-pyrrole nitrogens is 1. The highest BCUT2D eigenvalue weighted by Gasteiger charge is 2.38. The van der Waals surface area contributed by atoms with Crippen molar-refractivity contribution in [3.05, 3.63) is 77.6 Å². The molecule has 0 amide bonds. The Labute approximate surface area is 181 Å². The molecule has 2 aromatic carbocycles. The first-order valence-electron chi connectivity index (χ1n) is 11.0. The Balaban J connectivity index is 1.33. The van der Waals surface area contributed by atoms with Crippen molar-refractivity contribution in [2.24, 2.45) is 0 Å². The summed E-state index contributed by atoms with van der Waals surface area (Å²) in [5, 5.41) is 3.84. The maximum Gasteiger partial charge on any atom is 0.302 e. The van der Waals surface area contributed by atoms with Crippen molar-refractivity contribution in [3.8, 4) is 0 Å². The van der Waals surface area contributed by atoms with Crippen LogP contribution in [-0.4, -0.2) is 40.0 Å². The Morgan fingerprint density at radius 3 is 2.87 bits per heavy atom. The van der Waals surface area contributed by atoms with Gasteiger partial charge < -0.3 is 9.72 Å². The van der Waals surface area contributed by atoms with Crippen LogP contribution in [-0.2, 0) is 16.0 Å². The molecule has 3 unspecified atom stereocenters. The summed E-state index contributed by atoms with van der Waals surface area (Å²) < 4.78 is 5.90. The SMILES string of the molecule is CC(=O)OC1CN(C2Cc3cccc4cccc2c34)CCC1c1c[nH]c2ncccc12. The molecule has 0 bridgehead atoms. The molecule has 0 radical (unpaired) electrons. The number of fused-ring (bicyclic) bond motifs is 1. The van der Waals surface area contributed by atoms with Crippen LogP contribution in [0.25, 0.3) is 21.8 Å². The van der Waals surface area contributed by atoms with Crippen LogP contribution in [0.5, 0.6) is 0 Å². The van der Waals surface area contributed by atoms with Gasteiger partial charge in [-0.3, -0.25) is 9.69 Å². The van der Waals surface area contributed by atoms with E-state index in [1.54, 1.807) is 6.20 Å². The lowest BCUT2D eigenvalue weighted by molar-refractivity contribution is -0.150. The van der Waals surface area contributed by atoms with Crippen LogP contribution in [0.1, 0.15) is 42.0 Å². The monoisotopic (exact) mass is 411 g/mol. The smallest absolute Gasteiger partial charge is 0.302 e. The van der Waals surface area contributed by atoms with Crippen molar-refractivity contribution < 1.29 is 9.53 Å². The van der Waals surface area contributed by atoms with Gasteiger partial charge in [-0.15, -0.1) is 0 Å². The van der Waals surface area contributed by atoms with Gasteiger partial charge in [-0.25, -0.2) is 4.98 Å². The molecule has 1 fully saturated rings. The van der Waals surface area contributed by atoms with E-state index in [0.29, 0.717) is 6.04 Å². The van der Waals surface area contributed by atoms with Gasteiger partial charge in [-0.2, -0.15) is 0 Å². The number of nitrogens with zero attached hydrogens (tertiary/aromatic N) is 2. The zero-order valence-corrected chi connectivity index (χ0v) is 17.5. The van der Waals surface area contributed by atoms with E-state index in [1.807, 2.05) is 12.3 Å². The van der Waals surface area contributed by atoms with E-state index in [0.717, 1.165) is 37.0 Å². The Bertz CT molecular complexity index is 1290. The lowest BCUT2D eigenvalue weighted by Gasteiger charge is -2.41. The fourth-order valence-electron chi connectivity index (χ4n) is 5.74. The van der Waals surface area contributed by atoms with Crippen LogP contribution in [0.4, 0.5) is 0 Å². The van der Waals surface area contributed by atoms with Crippen molar-refractivity contribution in [1.82, 2.24) is 14.9 Å². The van der Waals surface area contributed by atoms with Gasteiger partial charge in [-0.05, 0) is 59.0 Å². The summed E-state index contributed by atoms with van der Waals surface area (Å²) in [6.45, 7) is 3.23. The number of piperidine rings is 1. The molecule has 3 heterocycles. The molecule has 1 saturated heterocycles. The van der Waals surface area contributed by atoms with Crippen molar-refractivity contribution >= 4 is 27.8 Å². The number of hydrogen-bond donors (Lipinski definition) is 1. The maximum absolute atomic E-state index is 12.0. The van der Waals surface area contributed by atoms with E-state index in [2.05, 4.69) is 57.3 Å². The largest absolute Gasteiger partial charge is 0.461 e. The van der Waals surface area contributed by atoms with E-state index in [1.165, 1.54) is 34.4 Å². The number of carbonyl (C=O) groups is 1. The van der Waals surface area contributed by atoms with Gasteiger partial charge in [0, 0.05) is 43.2 Å². The first-order valence-corrected chi connectivity index (χ1v) is 11.0. The van der Waals surface area contributed by atoms with Crippen LogP contribution in [0.15, 0.2) is 60.9 Å². The highest BCUT2D eigenvalue weighted by molar-refractivity contribution is 5.91. The summed E-state index contributed by atoms with van der Waals surface area (Å²) in [4.78, 5) is 22.2. The summed E-state index contributed by atoms with van der Waals surface area (Å²) >= 11 is 0. The lowest BCUT2D eigenvalue weighted by Crippen LogP contribution is -2.46. The molecule has 156 valence electrons. The van der Waals surface area contributed by atoms with E-state index in [4.69, 9.17) is 4.74 Å². The first-order chi connectivity index (χ1) is 15.2. The number of aromatic nitrogens is 2. The topological polar surface area (TPSA) is 58.2 Å². The third kappa shape index (κ3) is 3.03. The Morgan fingerprint density at radius 1 is 1.13 bits per heavy atom. The Morgan fingerprint density at radius 2 is 2.00 bits per heavy atom. The minimum absolute atomic E-state index is 0.165. The number of ether oxygens (including phenoxy) is 1. The lowest BCUT2D eigenvalue weighted by atomic mass is 9.86. The van der Waals surface area contributed by atoms with Crippen LogP contribution in [0.2, 0.25) is 0 Å². The number of benzene rings is 2. The van der Waals surface area contributed by atoms with Crippen LogP contribution >= 0.6 is 0 Å². The normalized spacial score (nSPS) is 23.5. The average Bonchev–Trinajstić information content (AvgIpc) is 3.37. The number of carbonyl (C=O) groups excluding carboxylic acids is 1. The summed E-state index contributed by atoms with van der Waals surface area (Å²) in [6.07, 6.45) is 5.63. The summed E-state index contributed by atoms with van der Waals surface area (Å²) in [5.74, 6) is -0.0516. The third-order valence-electron chi connectivity index (χ3n) is 7.03. The second-order valence-electron chi connectivity index (χ2n) is 8.76. The number of esters is 1. The van der Waals surface area contributed by atoms with E-state index in [-0.39, 0.29) is 18.0 Å². The van der Waals surface area contributed by atoms with E-state index < -0.39 is 0 Å². The van der Waals surface area contributed by atoms with Gasteiger partial charge in [0.15, 0.2) is 0 Å². The first kappa shape index (κ1) is 18.6. The van der Waals surface area contributed by atoms with Gasteiger partial charge in [0.1, 0.15) is 11.8 Å². The second-order valence-corrected chi connectivity index (χ2v) is 8.76. The van der Waals surface area contributed by atoms with Gasteiger partial charge in [0.05, 0.1) is 0 Å². The van der Waals surface area contributed by atoms with Gasteiger partial charge in [-0.1, -0.05) is 36.4 Å². The molecule has 5 nitrogen and oxygen atoms in total. The minimum atomic E-state index is -0.216. The molecule has 6 rings (SSSR count). The number of aromatic amines is 1. The third-order valence-corrected chi connectivity index (χ3v) is 7.03. The molecule has 2 aliphatic rings. The molecule has 1 aliphatic heterocycles. The molecule has 4 aromatic rings. The molecule has 1 aliphatic carbocycles. The zero-order chi connectivity index (χ0) is 20.9. The summed E-state index contributed by atoms with van der Waals surface area (Å²) in [7, 11) is 0. The molecular formula is C26H25N3O2. The van der Waals surface area contributed by atoms with Gasteiger partial charge in [0.25, 0.3) is 0 Å². The zero-order valence-electron chi connectivity index (χ0n) is 17.5. The molecule has 1 N–H and O–H groups in total. The van der Waals surface area contributed by atoms with E-state index >= 15 is 0 Å². The molecule has 0 saturated carbocycles. The quantitative estimate of drug-likeness (QED) is 0.495. The fraction of sp³-hybridized carbons (Fsp3) is 0.308. The molecular weight excluding hydrogens is 386 g/mol. The number of pyridine rings is 1. The predicted molar refractivity (Wildman–Crippen MR) is 121 cm³/mol. The van der Waals surface area contributed by atoms with Crippen molar-refractivity contribution in [3.63, 3.8) is 0 Å². The maximum atomic E-state index is 12.0. The van der Waals surface area contributed by atoms with Crippen molar-refractivity contribution in [1.29, 1.82) is 0 Å². The number of rotatable bonds is 3. The molecule has 0 spiro atoms. The summed E-state index contributed by atoms with van der Waals surface area (Å²) in [5.41, 5.74) is 4.92. The highest BCUT2D eigenvalue weighted by atomic mass is 16.5. The van der Waals surface area contributed by atoms with E-state index in [9.17, 15) is 4.79 Å². The Kier molecular flexibility index (Phi) is 4.32. The minimum Gasteiger partial charge on any atom is -0.461 e. The molecule has 5 heteroatoms. The number of likely N-dealkylation sites (tertiary alicyclic amines) is 1. The molecule has 3 atom stereocenters. The van der Waals surface area contributed by atoms with Crippen LogP contribution in [0.3, 0.4) is 0 Å². The van der Waals surface area contributed by atoms with Crippen LogP contribution in [0, 0.1) is 0 Å². The molecule has 2 aromatic heterocycles. The number of nitrogens with one attached hydrogen (secondary N) is 1. The molecule has 31 heavy (non-hydrogen) atoms. The number of hydrogen-bond acceptors (Lipinski definition) is 4. The standard InChI is InChI=1S/C26H25N3O2/c1-16(30)31-24-15-29(12-10-19(24)22-14-28-26-20(22)9-4-11-27-26)23-13-18-7-2-5-17-6-3-8-21(23)25(17)18/h2-9,11,14,19,23-24H,10,12-13,15H2,1H3,(H,27,28). The highest BCUT2D eigenvalue weighted by Crippen LogP contribution is 2.43. The van der Waals surface area contributed by atoms with Crippen molar-refractivity contribution in [2.45, 2.75) is 37.8 Å². The van der Waals surface area contributed by atoms with Gasteiger partial charge >= 0.3 is 5.97 Å².